The van der Waals surface area contributed by atoms with Gasteiger partial charge in [0.1, 0.15) is 5.75 Å². The van der Waals surface area contributed by atoms with Crippen molar-refractivity contribution < 1.29 is 9.90 Å². The van der Waals surface area contributed by atoms with E-state index in [1.165, 1.54) is 0 Å². The van der Waals surface area contributed by atoms with E-state index >= 15 is 0 Å². The topological polar surface area (TPSA) is 53.4 Å². The van der Waals surface area contributed by atoms with Crippen LogP contribution in [-0.2, 0) is 6.54 Å². The van der Waals surface area contributed by atoms with Gasteiger partial charge in [-0.15, -0.1) is 0 Å². The van der Waals surface area contributed by atoms with Crippen molar-refractivity contribution in [2.24, 2.45) is 0 Å². The van der Waals surface area contributed by atoms with Crippen LogP contribution in [0.1, 0.15) is 21.6 Å². The summed E-state index contributed by atoms with van der Waals surface area (Å²) in [6, 6.07) is 16.5. The number of rotatable bonds is 3. The molecule has 0 aliphatic heterocycles. The molecule has 0 saturated heterocycles. The maximum atomic E-state index is 12.8. The number of hydrogen-bond donors (Lipinski definition) is 1. The molecule has 0 radical (unpaired) electrons. The number of nitrogens with zero attached hydrogens (tertiary/aromatic N) is 2. The van der Waals surface area contributed by atoms with Gasteiger partial charge >= 0.3 is 0 Å². The van der Waals surface area contributed by atoms with Gasteiger partial charge in [0, 0.05) is 24.7 Å². The lowest BCUT2D eigenvalue weighted by atomic mass is 10.1. The van der Waals surface area contributed by atoms with Gasteiger partial charge in [0.15, 0.2) is 0 Å². The standard InChI is InChI=1S/C19H18N2O2/c1-13-9-10-15-6-4-8-17(18(15)20-13)19(23)21(2)12-14-5-3-7-16(22)11-14/h3-11,22H,12H2,1-2H3. The molecule has 1 aromatic heterocycles. The lowest BCUT2D eigenvalue weighted by molar-refractivity contribution is 0.0786. The van der Waals surface area contributed by atoms with E-state index in [1.807, 2.05) is 37.3 Å². The van der Waals surface area contributed by atoms with Crippen molar-refractivity contribution in [2.75, 3.05) is 7.05 Å². The Morgan fingerprint density at radius 3 is 2.70 bits per heavy atom. The lowest BCUT2D eigenvalue weighted by Gasteiger charge is -2.18. The number of phenolic OH excluding ortho intramolecular Hbond substituents is 1. The van der Waals surface area contributed by atoms with Gasteiger partial charge in [-0.2, -0.15) is 0 Å². The fourth-order valence-corrected chi connectivity index (χ4v) is 2.62. The Hall–Kier alpha value is -2.88. The fourth-order valence-electron chi connectivity index (χ4n) is 2.62. The molecule has 0 aliphatic carbocycles. The maximum absolute atomic E-state index is 12.8. The highest BCUT2D eigenvalue weighted by molar-refractivity contribution is 6.05. The molecule has 0 aliphatic rings. The van der Waals surface area contributed by atoms with Crippen LogP contribution in [0.2, 0.25) is 0 Å². The molecule has 116 valence electrons. The van der Waals surface area contributed by atoms with Crippen LogP contribution < -0.4 is 0 Å². The minimum atomic E-state index is -0.0861. The number of aromatic nitrogens is 1. The summed E-state index contributed by atoms with van der Waals surface area (Å²) in [5.74, 6) is 0.114. The van der Waals surface area contributed by atoms with Crippen LogP contribution in [0.15, 0.2) is 54.6 Å². The van der Waals surface area contributed by atoms with Gasteiger partial charge in [-0.05, 0) is 36.8 Å². The summed E-state index contributed by atoms with van der Waals surface area (Å²) in [7, 11) is 1.75. The molecule has 4 heteroatoms. The first-order chi connectivity index (χ1) is 11.0. The van der Waals surface area contributed by atoms with Gasteiger partial charge in [0.25, 0.3) is 5.91 Å². The van der Waals surface area contributed by atoms with Crippen LogP contribution in [0.3, 0.4) is 0 Å². The Bertz CT molecular complexity index is 874. The number of aromatic hydroxyl groups is 1. The first kappa shape index (κ1) is 15.0. The van der Waals surface area contributed by atoms with E-state index in [0.717, 1.165) is 22.2 Å². The van der Waals surface area contributed by atoms with E-state index in [9.17, 15) is 9.90 Å². The summed E-state index contributed by atoms with van der Waals surface area (Å²) < 4.78 is 0. The van der Waals surface area contributed by atoms with Crippen molar-refractivity contribution >= 4 is 16.8 Å². The third-order valence-corrected chi connectivity index (χ3v) is 3.77. The summed E-state index contributed by atoms with van der Waals surface area (Å²) in [4.78, 5) is 18.9. The fraction of sp³-hybridized carbons (Fsp3) is 0.158. The highest BCUT2D eigenvalue weighted by atomic mass is 16.3. The third-order valence-electron chi connectivity index (χ3n) is 3.77. The predicted molar refractivity (Wildman–Crippen MR) is 90.4 cm³/mol. The summed E-state index contributed by atoms with van der Waals surface area (Å²) >= 11 is 0. The number of fused-ring (bicyclic) bond motifs is 1. The molecule has 2 aromatic carbocycles. The summed E-state index contributed by atoms with van der Waals surface area (Å²) in [6.45, 7) is 2.34. The minimum absolute atomic E-state index is 0.0861. The van der Waals surface area contributed by atoms with Crippen molar-refractivity contribution in [1.29, 1.82) is 0 Å². The highest BCUT2D eigenvalue weighted by Gasteiger charge is 2.16. The van der Waals surface area contributed by atoms with E-state index in [1.54, 1.807) is 36.2 Å². The predicted octanol–water partition coefficient (Wildman–Crippen LogP) is 3.52. The number of amides is 1. The largest absolute Gasteiger partial charge is 0.508 e. The summed E-state index contributed by atoms with van der Waals surface area (Å²) in [5.41, 5.74) is 3.08. The van der Waals surface area contributed by atoms with Crippen LogP contribution in [-0.4, -0.2) is 27.9 Å². The van der Waals surface area contributed by atoms with Crippen LogP contribution in [0.25, 0.3) is 10.9 Å². The zero-order valence-corrected chi connectivity index (χ0v) is 13.2. The quantitative estimate of drug-likeness (QED) is 0.805. The van der Waals surface area contributed by atoms with Gasteiger partial charge in [-0.1, -0.05) is 30.3 Å². The Labute approximate surface area is 135 Å². The van der Waals surface area contributed by atoms with Gasteiger partial charge in [-0.25, -0.2) is 0 Å². The maximum Gasteiger partial charge on any atom is 0.256 e. The first-order valence-corrected chi connectivity index (χ1v) is 7.44. The van der Waals surface area contributed by atoms with Crippen molar-refractivity contribution in [3.63, 3.8) is 0 Å². The zero-order chi connectivity index (χ0) is 16.4. The Kier molecular flexibility index (Phi) is 3.98. The molecule has 4 nitrogen and oxygen atoms in total. The van der Waals surface area contributed by atoms with Crippen LogP contribution in [0.5, 0.6) is 5.75 Å². The van der Waals surface area contributed by atoms with Crippen LogP contribution >= 0.6 is 0 Å². The van der Waals surface area contributed by atoms with Crippen molar-refractivity contribution in [1.82, 2.24) is 9.88 Å². The van der Waals surface area contributed by atoms with Gasteiger partial charge in [0.2, 0.25) is 0 Å². The molecule has 1 amide bonds. The zero-order valence-electron chi connectivity index (χ0n) is 13.2. The van der Waals surface area contributed by atoms with Crippen LogP contribution in [0.4, 0.5) is 0 Å². The molecule has 0 bridgehead atoms. The molecule has 23 heavy (non-hydrogen) atoms. The number of para-hydroxylation sites is 1. The molecule has 0 saturated carbocycles. The Morgan fingerprint density at radius 2 is 1.91 bits per heavy atom. The molecule has 0 unspecified atom stereocenters. The minimum Gasteiger partial charge on any atom is -0.508 e. The average molecular weight is 306 g/mol. The van der Waals surface area contributed by atoms with E-state index in [4.69, 9.17) is 0 Å². The van der Waals surface area contributed by atoms with E-state index < -0.39 is 0 Å². The number of carbonyl (C=O) groups is 1. The lowest BCUT2D eigenvalue weighted by Crippen LogP contribution is -2.26. The summed E-state index contributed by atoms with van der Waals surface area (Å²) in [6.07, 6.45) is 0. The van der Waals surface area contributed by atoms with Gasteiger partial charge < -0.3 is 10.0 Å². The molecule has 3 rings (SSSR count). The average Bonchev–Trinajstić information content (AvgIpc) is 2.53. The Morgan fingerprint density at radius 1 is 1.13 bits per heavy atom. The number of carbonyl (C=O) groups excluding carboxylic acids is 1. The first-order valence-electron chi connectivity index (χ1n) is 7.44. The highest BCUT2D eigenvalue weighted by Crippen LogP contribution is 2.20. The van der Waals surface area contributed by atoms with E-state index in [-0.39, 0.29) is 11.7 Å². The molecule has 1 heterocycles. The monoisotopic (exact) mass is 306 g/mol. The number of hydrogen-bond acceptors (Lipinski definition) is 3. The van der Waals surface area contributed by atoms with E-state index in [2.05, 4.69) is 4.98 Å². The number of benzene rings is 2. The van der Waals surface area contributed by atoms with Gasteiger partial charge in [-0.3, -0.25) is 9.78 Å². The second-order valence-corrected chi connectivity index (χ2v) is 5.66. The van der Waals surface area contributed by atoms with E-state index in [0.29, 0.717) is 12.1 Å². The number of pyridine rings is 1. The van der Waals surface area contributed by atoms with Crippen molar-refractivity contribution in [3.8, 4) is 5.75 Å². The SMILES string of the molecule is Cc1ccc2cccc(C(=O)N(C)Cc3cccc(O)c3)c2n1. The Balaban J connectivity index is 1.92. The molecular formula is C19H18N2O2. The molecule has 3 aromatic rings. The third kappa shape index (κ3) is 3.16. The smallest absolute Gasteiger partial charge is 0.256 e. The molecule has 0 atom stereocenters. The number of phenols is 1. The molecule has 0 fully saturated rings. The number of aryl methyl sites for hydroxylation is 1. The second kappa shape index (κ2) is 6.08. The molecular weight excluding hydrogens is 288 g/mol. The molecule has 1 N–H and O–H groups in total. The second-order valence-electron chi connectivity index (χ2n) is 5.66. The molecule has 0 spiro atoms. The normalized spacial score (nSPS) is 10.7. The van der Waals surface area contributed by atoms with Crippen molar-refractivity contribution in [3.05, 3.63) is 71.4 Å². The summed E-state index contributed by atoms with van der Waals surface area (Å²) in [5, 5.41) is 10.5. The van der Waals surface area contributed by atoms with Gasteiger partial charge in [0.05, 0.1) is 11.1 Å². The van der Waals surface area contributed by atoms with Crippen LogP contribution in [0, 0.1) is 6.92 Å². The van der Waals surface area contributed by atoms with Crippen molar-refractivity contribution in [2.45, 2.75) is 13.5 Å².